The minimum absolute atomic E-state index is 0.112. The first kappa shape index (κ1) is 21.3. The van der Waals surface area contributed by atoms with Crippen LogP contribution in [0.5, 0.6) is 0 Å². The summed E-state index contributed by atoms with van der Waals surface area (Å²) in [7, 11) is 0. The fraction of sp³-hybridized carbons (Fsp3) is 0.708. The number of piperidine rings is 1. The van der Waals surface area contributed by atoms with Crippen molar-refractivity contribution >= 4 is 11.8 Å². The number of ether oxygens (including phenoxy) is 1. The van der Waals surface area contributed by atoms with Crippen LogP contribution in [0.15, 0.2) is 24.4 Å². The minimum atomic E-state index is -0.124. The van der Waals surface area contributed by atoms with Crippen LogP contribution in [-0.2, 0) is 9.53 Å². The van der Waals surface area contributed by atoms with Crippen molar-refractivity contribution in [3.8, 4) is 0 Å². The molecule has 1 aliphatic carbocycles. The topological polar surface area (TPSA) is 71.5 Å². The van der Waals surface area contributed by atoms with Gasteiger partial charge in [0.15, 0.2) is 0 Å². The molecule has 1 spiro atoms. The lowest BCUT2D eigenvalue weighted by Crippen LogP contribution is -2.51. The van der Waals surface area contributed by atoms with E-state index < -0.39 is 0 Å². The van der Waals surface area contributed by atoms with Crippen molar-refractivity contribution in [3.05, 3.63) is 30.1 Å². The van der Waals surface area contributed by atoms with Crippen LogP contribution in [0.1, 0.15) is 74.7 Å². The standard InChI is InChI=1S/C24H35N3O3/c28-22(9-8-19-5-1-2-6-19)27-14-11-24(12-15-27)17-20(10-16-30-24)18-26-23(29)21-7-3-4-13-25-21/h3-4,7,13,19-20H,1-2,5-6,8-12,14-18H2,(H,26,29). The molecule has 30 heavy (non-hydrogen) atoms. The van der Waals surface area contributed by atoms with Crippen LogP contribution in [-0.4, -0.2) is 53.5 Å². The number of nitrogens with one attached hydrogen (secondary N) is 1. The molecule has 6 heteroatoms. The Balaban J connectivity index is 1.21. The van der Waals surface area contributed by atoms with Crippen LogP contribution < -0.4 is 5.32 Å². The Morgan fingerprint density at radius 3 is 2.67 bits per heavy atom. The van der Waals surface area contributed by atoms with Crippen LogP contribution >= 0.6 is 0 Å². The van der Waals surface area contributed by atoms with Crippen LogP contribution in [0.2, 0.25) is 0 Å². The van der Waals surface area contributed by atoms with Gasteiger partial charge in [0.1, 0.15) is 5.69 Å². The summed E-state index contributed by atoms with van der Waals surface area (Å²) >= 11 is 0. The summed E-state index contributed by atoms with van der Waals surface area (Å²) in [6, 6.07) is 5.37. The second kappa shape index (κ2) is 9.90. The Labute approximate surface area is 179 Å². The zero-order valence-corrected chi connectivity index (χ0v) is 18.0. The van der Waals surface area contributed by atoms with Gasteiger partial charge >= 0.3 is 0 Å². The number of aromatic nitrogens is 1. The molecule has 0 radical (unpaired) electrons. The van der Waals surface area contributed by atoms with Crippen molar-refractivity contribution in [1.82, 2.24) is 15.2 Å². The highest BCUT2D eigenvalue weighted by Gasteiger charge is 2.41. The van der Waals surface area contributed by atoms with E-state index in [4.69, 9.17) is 4.74 Å². The second-order valence-corrected chi connectivity index (χ2v) is 9.39. The van der Waals surface area contributed by atoms with Gasteiger partial charge in [-0.15, -0.1) is 0 Å². The van der Waals surface area contributed by atoms with Gasteiger partial charge in [-0.25, -0.2) is 0 Å². The summed E-state index contributed by atoms with van der Waals surface area (Å²) in [4.78, 5) is 31.1. The maximum atomic E-state index is 12.6. The van der Waals surface area contributed by atoms with E-state index in [1.54, 1.807) is 12.3 Å². The molecule has 0 bridgehead atoms. The Bertz CT molecular complexity index is 710. The third kappa shape index (κ3) is 5.39. The molecule has 1 unspecified atom stereocenters. The lowest BCUT2D eigenvalue weighted by molar-refractivity contribution is -0.147. The van der Waals surface area contributed by atoms with Crippen molar-refractivity contribution in [3.63, 3.8) is 0 Å². The molecule has 3 fully saturated rings. The van der Waals surface area contributed by atoms with Gasteiger partial charge in [-0.05, 0) is 56.1 Å². The molecule has 4 rings (SSSR count). The first-order chi connectivity index (χ1) is 14.6. The smallest absolute Gasteiger partial charge is 0.269 e. The fourth-order valence-electron chi connectivity index (χ4n) is 5.42. The highest BCUT2D eigenvalue weighted by Crippen LogP contribution is 2.38. The second-order valence-electron chi connectivity index (χ2n) is 9.39. The van der Waals surface area contributed by atoms with Crippen molar-refractivity contribution in [1.29, 1.82) is 0 Å². The summed E-state index contributed by atoms with van der Waals surface area (Å²) in [5.74, 6) is 1.40. The van der Waals surface area contributed by atoms with Crippen molar-refractivity contribution in [2.45, 2.75) is 69.8 Å². The maximum absolute atomic E-state index is 12.6. The van der Waals surface area contributed by atoms with Gasteiger partial charge in [0.2, 0.25) is 5.91 Å². The summed E-state index contributed by atoms with van der Waals surface area (Å²) < 4.78 is 6.23. The van der Waals surface area contributed by atoms with Gasteiger partial charge in [-0.2, -0.15) is 0 Å². The average Bonchev–Trinajstić information content (AvgIpc) is 3.31. The largest absolute Gasteiger partial charge is 0.375 e. The minimum Gasteiger partial charge on any atom is -0.375 e. The number of amides is 2. The summed E-state index contributed by atoms with van der Waals surface area (Å²) in [6.07, 6.45) is 12.5. The molecule has 2 saturated heterocycles. The maximum Gasteiger partial charge on any atom is 0.269 e. The third-order valence-electron chi connectivity index (χ3n) is 7.31. The van der Waals surface area contributed by atoms with E-state index in [1.807, 2.05) is 12.1 Å². The highest BCUT2D eigenvalue weighted by atomic mass is 16.5. The summed E-state index contributed by atoms with van der Waals surface area (Å²) in [5, 5.41) is 3.04. The van der Waals surface area contributed by atoms with E-state index in [9.17, 15) is 9.59 Å². The molecule has 1 N–H and O–H groups in total. The molecule has 2 amide bonds. The van der Waals surface area contributed by atoms with Crippen molar-refractivity contribution in [2.24, 2.45) is 11.8 Å². The third-order valence-corrected chi connectivity index (χ3v) is 7.31. The van der Waals surface area contributed by atoms with Gasteiger partial charge in [0.05, 0.1) is 5.60 Å². The quantitative estimate of drug-likeness (QED) is 0.774. The number of carbonyl (C=O) groups is 2. The van der Waals surface area contributed by atoms with Gasteiger partial charge in [0.25, 0.3) is 5.91 Å². The number of likely N-dealkylation sites (tertiary alicyclic amines) is 1. The van der Waals surface area contributed by atoms with Crippen molar-refractivity contribution in [2.75, 3.05) is 26.2 Å². The monoisotopic (exact) mass is 413 g/mol. The Morgan fingerprint density at radius 1 is 1.13 bits per heavy atom. The molecule has 1 saturated carbocycles. The number of hydrogen-bond donors (Lipinski definition) is 1. The first-order valence-corrected chi connectivity index (χ1v) is 11.7. The Hall–Kier alpha value is -1.95. The molecule has 1 aromatic rings. The lowest BCUT2D eigenvalue weighted by atomic mass is 9.79. The molecule has 164 valence electrons. The molecule has 2 aliphatic heterocycles. The predicted molar refractivity (Wildman–Crippen MR) is 115 cm³/mol. The summed E-state index contributed by atoms with van der Waals surface area (Å²) in [6.45, 7) is 3.00. The van der Waals surface area contributed by atoms with Crippen LogP contribution in [0, 0.1) is 11.8 Å². The Kier molecular flexibility index (Phi) is 7.03. The average molecular weight is 414 g/mol. The van der Waals surface area contributed by atoms with E-state index in [0.717, 1.165) is 57.7 Å². The van der Waals surface area contributed by atoms with E-state index >= 15 is 0 Å². The lowest BCUT2D eigenvalue weighted by Gasteiger charge is -2.46. The summed E-state index contributed by atoms with van der Waals surface area (Å²) in [5.41, 5.74) is 0.338. The Morgan fingerprint density at radius 2 is 1.93 bits per heavy atom. The number of pyridine rings is 1. The molecule has 0 aromatic carbocycles. The van der Waals surface area contributed by atoms with Crippen molar-refractivity contribution < 1.29 is 14.3 Å². The molecular formula is C24H35N3O3. The number of rotatable bonds is 6. The SMILES string of the molecule is O=C(NCC1CCOC2(CCN(C(=O)CCC3CCCC3)CC2)C1)c1ccccn1. The van der Waals surface area contributed by atoms with Crippen LogP contribution in [0.25, 0.3) is 0 Å². The molecule has 1 atom stereocenters. The molecule has 1 aromatic heterocycles. The predicted octanol–water partition coefficient (Wildman–Crippen LogP) is 3.57. The van der Waals surface area contributed by atoms with E-state index in [2.05, 4.69) is 15.2 Å². The fourth-order valence-corrected chi connectivity index (χ4v) is 5.42. The zero-order chi connectivity index (χ0) is 20.8. The van der Waals surface area contributed by atoms with Gasteiger partial charge in [-0.1, -0.05) is 31.7 Å². The first-order valence-electron chi connectivity index (χ1n) is 11.7. The van der Waals surface area contributed by atoms with Gasteiger partial charge in [-0.3, -0.25) is 14.6 Å². The zero-order valence-electron chi connectivity index (χ0n) is 18.0. The van der Waals surface area contributed by atoms with Gasteiger partial charge in [0, 0.05) is 38.9 Å². The normalized spacial score (nSPS) is 24.1. The van der Waals surface area contributed by atoms with Crippen LogP contribution in [0.3, 0.4) is 0 Å². The van der Waals surface area contributed by atoms with Gasteiger partial charge < -0.3 is 15.0 Å². The van der Waals surface area contributed by atoms with E-state index in [1.165, 1.54) is 25.7 Å². The molecular weight excluding hydrogens is 378 g/mol. The number of carbonyl (C=O) groups excluding carboxylic acids is 2. The van der Waals surface area contributed by atoms with E-state index in [0.29, 0.717) is 30.5 Å². The molecule has 3 heterocycles. The number of hydrogen-bond acceptors (Lipinski definition) is 4. The van der Waals surface area contributed by atoms with E-state index in [-0.39, 0.29) is 11.5 Å². The highest BCUT2D eigenvalue weighted by molar-refractivity contribution is 5.92. The number of nitrogens with zero attached hydrogens (tertiary/aromatic N) is 2. The molecule has 6 nitrogen and oxygen atoms in total. The molecule has 3 aliphatic rings. The van der Waals surface area contributed by atoms with Crippen LogP contribution in [0.4, 0.5) is 0 Å².